The quantitative estimate of drug-likeness (QED) is 0.307. The Morgan fingerprint density at radius 2 is 1.91 bits per heavy atom. The van der Waals surface area contributed by atoms with Gasteiger partial charge in [-0.2, -0.15) is 0 Å². The second-order valence-electron chi connectivity index (χ2n) is 7.84. The molecule has 0 saturated carbocycles. The van der Waals surface area contributed by atoms with Crippen LogP contribution in [-0.2, 0) is 11.3 Å². The highest BCUT2D eigenvalue weighted by Gasteiger charge is 2.27. The van der Waals surface area contributed by atoms with Gasteiger partial charge < -0.3 is 15.2 Å². The largest absolute Gasteiger partial charge is 0.342 e. The van der Waals surface area contributed by atoms with E-state index in [-0.39, 0.29) is 27.7 Å². The average Bonchev–Trinajstić information content (AvgIpc) is 3.20. The van der Waals surface area contributed by atoms with E-state index in [0.717, 1.165) is 17.8 Å². The summed E-state index contributed by atoms with van der Waals surface area (Å²) in [4.78, 5) is 25.3. The average molecular weight is 587 g/mol. The highest BCUT2D eigenvalue weighted by atomic mass is 79.9. The van der Waals surface area contributed by atoms with Crippen LogP contribution in [0, 0.1) is 17.6 Å². The smallest absolute Gasteiger partial charge is 0.253 e. The van der Waals surface area contributed by atoms with E-state index in [2.05, 4.69) is 36.8 Å². The molecule has 3 aromatic rings. The van der Waals surface area contributed by atoms with Gasteiger partial charge in [0.25, 0.3) is 5.91 Å². The van der Waals surface area contributed by atoms with E-state index in [1.54, 1.807) is 24.3 Å². The molecule has 0 bridgehead atoms. The van der Waals surface area contributed by atoms with Crippen molar-refractivity contribution in [3.63, 3.8) is 0 Å². The molecular weight excluding hydrogens is 564 g/mol. The van der Waals surface area contributed by atoms with Crippen molar-refractivity contribution in [2.75, 3.05) is 11.1 Å². The Hall–Kier alpha value is -2.50. The van der Waals surface area contributed by atoms with E-state index in [4.69, 9.17) is 11.6 Å². The number of hydrogen-bond acceptors (Lipinski definition) is 5. The molecule has 0 radical (unpaired) electrons. The molecule has 1 atom stereocenters. The zero-order valence-electron chi connectivity index (χ0n) is 19.1. The van der Waals surface area contributed by atoms with Crippen LogP contribution in [0.4, 0.5) is 14.5 Å². The van der Waals surface area contributed by atoms with Crippen LogP contribution < -0.4 is 10.6 Å². The van der Waals surface area contributed by atoms with Gasteiger partial charge >= 0.3 is 0 Å². The lowest BCUT2D eigenvalue weighted by molar-refractivity contribution is -0.113. The molecule has 186 valence electrons. The van der Waals surface area contributed by atoms with Crippen molar-refractivity contribution in [3.05, 3.63) is 68.9 Å². The Bertz CT molecular complexity index is 1220. The molecule has 0 unspecified atom stereocenters. The summed E-state index contributed by atoms with van der Waals surface area (Å²) in [5.41, 5.74) is 0.213. The maximum atomic E-state index is 14.0. The summed E-state index contributed by atoms with van der Waals surface area (Å²) >= 11 is 10.3. The number of rotatable bonds is 9. The number of aromatic nitrogens is 3. The number of carbonyl (C=O) groups is 2. The maximum absolute atomic E-state index is 14.0. The van der Waals surface area contributed by atoms with Crippen molar-refractivity contribution in [1.29, 1.82) is 0 Å². The Balaban J connectivity index is 1.74. The van der Waals surface area contributed by atoms with Crippen molar-refractivity contribution >= 4 is 56.8 Å². The number of nitrogens with one attached hydrogen (secondary N) is 2. The summed E-state index contributed by atoms with van der Waals surface area (Å²) in [6.45, 7) is 6.29. The topological polar surface area (TPSA) is 88.9 Å². The zero-order valence-corrected chi connectivity index (χ0v) is 22.3. The van der Waals surface area contributed by atoms with Crippen LogP contribution in [0.2, 0.25) is 5.02 Å². The second-order valence-corrected chi connectivity index (χ2v) is 10.0. The predicted molar refractivity (Wildman–Crippen MR) is 136 cm³/mol. The normalized spacial score (nSPS) is 12.0. The third-order valence-electron chi connectivity index (χ3n) is 5.02. The Morgan fingerprint density at radius 3 is 2.54 bits per heavy atom. The fourth-order valence-corrected chi connectivity index (χ4v) is 4.83. The van der Waals surface area contributed by atoms with Crippen LogP contribution in [0.5, 0.6) is 0 Å². The molecule has 0 fully saturated rings. The molecule has 2 N–H and O–H groups in total. The van der Waals surface area contributed by atoms with E-state index < -0.39 is 23.6 Å². The molecule has 0 aliphatic rings. The van der Waals surface area contributed by atoms with Crippen molar-refractivity contribution < 1.29 is 18.4 Å². The van der Waals surface area contributed by atoms with Gasteiger partial charge in [0.15, 0.2) is 16.8 Å². The van der Waals surface area contributed by atoms with E-state index in [1.807, 2.05) is 25.3 Å². The Kier molecular flexibility index (Phi) is 9.26. The van der Waals surface area contributed by atoms with Crippen LogP contribution in [0.1, 0.15) is 43.0 Å². The third kappa shape index (κ3) is 6.59. The number of anilines is 1. The monoisotopic (exact) mass is 585 g/mol. The van der Waals surface area contributed by atoms with Gasteiger partial charge in [-0.1, -0.05) is 49.3 Å². The van der Waals surface area contributed by atoms with Gasteiger partial charge in [0.05, 0.1) is 28.1 Å². The standard InChI is InChI=1S/C23H23BrClF2N5O2S/c1-4-32-21(19(12(2)3)29-22(34)14-7-5-6-8-16(14)25)30-31-23(32)35-11-18(33)28-20-15(24)9-13(26)10-17(20)27/h5-10,12,19H,4,11H2,1-3H3,(H,28,33)(H,29,34)/t19-/m1/s1. The number of thioether (sulfide) groups is 1. The molecule has 35 heavy (non-hydrogen) atoms. The molecule has 3 rings (SSSR count). The minimum Gasteiger partial charge on any atom is -0.342 e. The predicted octanol–water partition coefficient (Wildman–Crippen LogP) is 5.85. The fraction of sp³-hybridized carbons (Fsp3) is 0.304. The molecule has 0 spiro atoms. The number of halogens is 4. The van der Waals surface area contributed by atoms with Gasteiger partial charge in [0.2, 0.25) is 5.91 Å². The van der Waals surface area contributed by atoms with Crippen molar-refractivity contribution in [2.24, 2.45) is 5.92 Å². The third-order valence-corrected chi connectivity index (χ3v) is 6.94. The molecule has 12 heteroatoms. The summed E-state index contributed by atoms with van der Waals surface area (Å²) < 4.78 is 29.2. The highest BCUT2D eigenvalue weighted by molar-refractivity contribution is 9.10. The molecule has 0 saturated heterocycles. The first-order valence-electron chi connectivity index (χ1n) is 10.7. The number of amides is 2. The van der Waals surface area contributed by atoms with E-state index >= 15 is 0 Å². The molecule has 0 aliphatic heterocycles. The van der Waals surface area contributed by atoms with Crippen LogP contribution in [0.3, 0.4) is 0 Å². The summed E-state index contributed by atoms with van der Waals surface area (Å²) in [6, 6.07) is 8.06. The Morgan fingerprint density at radius 1 is 1.20 bits per heavy atom. The summed E-state index contributed by atoms with van der Waals surface area (Å²) in [6.07, 6.45) is 0. The fourth-order valence-electron chi connectivity index (χ4n) is 3.30. The number of benzene rings is 2. The minimum absolute atomic E-state index is 0.0177. The van der Waals surface area contributed by atoms with Gasteiger partial charge in [0.1, 0.15) is 5.82 Å². The number of hydrogen-bond donors (Lipinski definition) is 2. The first kappa shape index (κ1) is 27.1. The summed E-state index contributed by atoms with van der Waals surface area (Å²) in [7, 11) is 0. The van der Waals surface area contributed by atoms with E-state index in [0.29, 0.717) is 34.2 Å². The lowest BCUT2D eigenvalue weighted by atomic mass is 10.0. The first-order valence-corrected chi connectivity index (χ1v) is 12.8. The SMILES string of the molecule is CCn1c(SCC(=O)Nc2c(F)cc(F)cc2Br)nnc1[C@H](NC(=O)c1ccccc1Cl)C(C)C. The van der Waals surface area contributed by atoms with E-state index in [9.17, 15) is 18.4 Å². The van der Waals surface area contributed by atoms with Gasteiger partial charge in [0, 0.05) is 17.1 Å². The van der Waals surface area contributed by atoms with Crippen molar-refractivity contribution in [3.8, 4) is 0 Å². The molecule has 1 aromatic heterocycles. The lowest BCUT2D eigenvalue weighted by Gasteiger charge is -2.22. The molecular formula is C23H23BrClF2N5O2S. The van der Waals surface area contributed by atoms with Crippen LogP contribution in [0.15, 0.2) is 46.0 Å². The van der Waals surface area contributed by atoms with E-state index in [1.165, 1.54) is 0 Å². The van der Waals surface area contributed by atoms with Crippen LogP contribution >= 0.6 is 39.3 Å². The van der Waals surface area contributed by atoms with Crippen LogP contribution in [0.25, 0.3) is 0 Å². The van der Waals surface area contributed by atoms with Gasteiger partial charge in [-0.05, 0) is 47.0 Å². The molecule has 2 amide bonds. The highest BCUT2D eigenvalue weighted by Crippen LogP contribution is 2.29. The number of nitrogens with zero attached hydrogens (tertiary/aromatic N) is 3. The second kappa shape index (κ2) is 12.0. The maximum Gasteiger partial charge on any atom is 0.253 e. The van der Waals surface area contributed by atoms with Crippen molar-refractivity contribution in [2.45, 2.75) is 38.5 Å². The number of carbonyl (C=O) groups excluding carboxylic acids is 2. The van der Waals surface area contributed by atoms with Crippen LogP contribution in [-0.4, -0.2) is 32.3 Å². The molecule has 0 aliphatic carbocycles. The molecule has 2 aromatic carbocycles. The van der Waals surface area contributed by atoms with Gasteiger partial charge in [-0.15, -0.1) is 10.2 Å². The molecule has 1 heterocycles. The van der Waals surface area contributed by atoms with Gasteiger partial charge in [-0.25, -0.2) is 8.78 Å². The summed E-state index contributed by atoms with van der Waals surface area (Å²) in [5, 5.41) is 14.7. The van der Waals surface area contributed by atoms with Gasteiger partial charge in [-0.3, -0.25) is 9.59 Å². The minimum atomic E-state index is -0.886. The van der Waals surface area contributed by atoms with Crippen molar-refractivity contribution in [1.82, 2.24) is 20.1 Å². The molecule has 7 nitrogen and oxygen atoms in total. The summed E-state index contributed by atoms with van der Waals surface area (Å²) in [5.74, 6) is -2.04. The zero-order chi connectivity index (χ0) is 25.7. The first-order chi connectivity index (χ1) is 16.6. The lowest BCUT2D eigenvalue weighted by Crippen LogP contribution is -2.34. The Labute approximate surface area is 219 Å².